The summed E-state index contributed by atoms with van der Waals surface area (Å²) in [6, 6.07) is 0. The molecule has 3 aliphatic heterocycles. The summed E-state index contributed by atoms with van der Waals surface area (Å²) in [5.41, 5.74) is 0. The van der Waals surface area contributed by atoms with E-state index in [0.717, 1.165) is 0 Å². The quantitative estimate of drug-likeness (QED) is 0.177. The summed E-state index contributed by atoms with van der Waals surface area (Å²) in [7, 11) is 3.64. The molecule has 42 heavy (non-hydrogen) atoms. The number of carboxylic acid groups (broad SMARTS) is 1. The SMILES string of the molecule is C1CCNC1.C1CCNC1.C1CCNC1.C[CH-]C(=O)OP.[B].[B].[B].[CH2-]C(=O)O.[CH2-]C(=O)OP.[CH3-].[CH3-].[CH3-].[W+2].[W+2].[W].[Y].[Y].[Y]. The van der Waals surface area contributed by atoms with Gasteiger partial charge in [0.1, 0.15) is 0 Å². The Bertz CT molecular complexity index is 383. The molecule has 0 spiro atoms. The number of aliphatic carboxylic acids is 1. The van der Waals surface area contributed by atoms with Gasteiger partial charge in [-0.25, -0.2) is 0 Å². The fourth-order valence-electron chi connectivity index (χ4n) is 1.94. The monoisotopic (exact) mass is 1360 g/mol. The number of carbonyl (C=O) groups is 3. The van der Waals surface area contributed by atoms with E-state index in [0.29, 0.717) is 0 Å². The summed E-state index contributed by atoms with van der Waals surface area (Å²) in [5, 5.41) is 17.0. The van der Waals surface area contributed by atoms with Gasteiger partial charge in [0, 0.05) is 144 Å². The number of hydrogen-bond donors (Lipinski definition) is 4. The molecule has 0 saturated carbocycles. The number of nitrogens with one attached hydrogen (secondary N) is 3. The second-order valence-electron chi connectivity index (χ2n) is 5.98. The van der Waals surface area contributed by atoms with Gasteiger partial charge in [0.25, 0.3) is 0 Å². The van der Waals surface area contributed by atoms with Crippen molar-refractivity contribution in [2.24, 2.45) is 0 Å². The molecule has 2 unspecified atom stereocenters. The van der Waals surface area contributed by atoms with E-state index in [4.69, 9.17) is 9.90 Å². The van der Waals surface area contributed by atoms with Crippen LogP contribution < -0.4 is 16.0 Å². The minimum Gasteiger partial charge on any atom is -0.503 e. The molecule has 20 heteroatoms. The average molecular weight is 1360 g/mol. The number of hydrogen-bond acceptors (Lipinski definition) is 8. The van der Waals surface area contributed by atoms with E-state index in [1.807, 2.05) is 9.47 Å². The zero-order valence-corrected chi connectivity index (χ0v) is 45.4. The van der Waals surface area contributed by atoms with Gasteiger partial charge in [-0.05, 0) is 77.8 Å². The molecule has 3 rings (SSSR count). The predicted molar refractivity (Wildman–Crippen MR) is 163 cm³/mol. The van der Waals surface area contributed by atoms with Gasteiger partial charge >= 0.3 is 42.1 Å². The topological polar surface area (TPSA) is 126 Å². The Labute approximate surface area is 389 Å². The van der Waals surface area contributed by atoms with Crippen LogP contribution in [0.15, 0.2) is 0 Å². The molecule has 12 radical (unpaired) electrons. The van der Waals surface area contributed by atoms with Gasteiger partial charge in [0.2, 0.25) is 0 Å². The van der Waals surface area contributed by atoms with E-state index in [1.165, 1.54) is 84.2 Å². The van der Waals surface area contributed by atoms with Crippen molar-refractivity contribution in [3.8, 4) is 0 Å². The van der Waals surface area contributed by atoms with Gasteiger partial charge < -0.3 is 52.4 Å². The Balaban J connectivity index is -0.0000000152. The molecule has 0 aromatic carbocycles. The third-order valence-electron chi connectivity index (χ3n) is 3.35. The molecule has 2 atom stereocenters. The van der Waals surface area contributed by atoms with Crippen molar-refractivity contribution < 1.29 is 190 Å². The second-order valence-corrected chi connectivity index (χ2v) is 6.45. The predicted octanol–water partition coefficient (Wildman–Crippen LogP) is 1.91. The van der Waals surface area contributed by atoms with Gasteiger partial charge in [-0.15, -0.1) is 0 Å². The van der Waals surface area contributed by atoms with Crippen LogP contribution in [0.2, 0.25) is 0 Å². The Morgan fingerprint density at radius 2 is 0.833 bits per heavy atom. The maximum Gasteiger partial charge on any atom is 2.00 e. The molecule has 0 bridgehead atoms. The van der Waals surface area contributed by atoms with Crippen LogP contribution >= 0.6 is 18.9 Å². The minimum atomic E-state index is -1.08. The minimum absolute atomic E-state index is 0. The van der Waals surface area contributed by atoms with Gasteiger partial charge in [-0.3, -0.25) is 34.7 Å². The second kappa shape index (κ2) is 90.8. The van der Waals surface area contributed by atoms with E-state index in [1.54, 1.807) is 16.4 Å². The van der Waals surface area contributed by atoms with Crippen molar-refractivity contribution in [2.75, 3.05) is 39.3 Å². The molecule has 4 N–H and O–H groups in total. The Morgan fingerprint density at radius 3 is 0.857 bits per heavy atom. The van der Waals surface area contributed by atoms with Crippen LogP contribution in [0.4, 0.5) is 0 Å². The molecule has 0 aliphatic carbocycles. The van der Waals surface area contributed by atoms with Crippen LogP contribution in [0.1, 0.15) is 45.4 Å². The van der Waals surface area contributed by atoms with Crippen molar-refractivity contribution in [3.63, 3.8) is 0 Å². The molecule has 9 nitrogen and oxygen atoms in total. The van der Waals surface area contributed by atoms with Crippen LogP contribution in [0.3, 0.4) is 0 Å². The molecule has 236 valence electrons. The van der Waals surface area contributed by atoms with E-state index in [2.05, 4.69) is 38.8 Å². The van der Waals surface area contributed by atoms with Crippen molar-refractivity contribution in [1.82, 2.24) is 16.0 Å². The third-order valence-corrected chi connectivity index (χ3v) is 3.85. The fourth-order valence-corrected chi connectivity index (χ4v) is 2.08. The van der Waals surface area contributed by atoms with Gasteiger partial charge in [0.05, 0.1) is 18.9 Å². The standard InChI is InChI=1S/3C4H9N.C3H6O2P.C2H4O2P.C2H3O2.3CH3.3B.3W.3Y/c3*1-2-4-5-3-1;1-2-3(4)5-6;1-2(3)4-5;1-2(3)4;;;;;;;;;;;;/h3*5H,1-4H2;2H,6H2,1H3;1,5H2;1H2,(H,3,4);3*1H3;;;;;;;;;/q;;;6*-1;;;;;2*+2;;;. The maximum atomic E-state index is 9.88. The molecule has 3 aliphatic rings. The summed E-state index contributed by atoms with van der Waals surface area (Å²) in [6.07, 6.45) is 9.67. The van der Waals surface area contributed by atoms with E-state index >= 15 is 0 Å². The normalized spacial score (nSPS) is 10.9. The van der Waals surface area contributed by atoms with Gasteiger partial charge in [0.15, 0.2) is 17.9 Å². The smallest absolute Gasteiger partial charge is 0.503 e. The number of carboxylic acids is 1. The Hall–Kier alpha value is 4.33. The third kappa shape index (κ3) is 130. The molecular formula is C22H49B3N3O6P2W3Y3-2. The van der Waals surface area contributed by atoms with Crippen LogP contribution in [0.25, 0.3) is 0 Å². The zero-order chi connectivity index (χ0) is 23.5. The van der Waals surface area contributed by atoms with Crippen molar-refractivity contribution in [2.45, 2.75) is 45.4 Å². The molecule has 0 aromatic heterocycles. The summed E-state index contributed by atoms with van der Waals surface area (Å²) < 4.78 is 8.04. The van der Waals surface area contributed by atoms with Crippen LogP contribution in [0.5, 0.6) is 0 Å². The fraction of sp³-hybridized carbons (Fsp3) is 0.591. The Kier molecular flexibility index (Phi) is 210. The largest absolute Gasteiger partial charge is 2.00 e. The van der Waals surface area contributed by atoms with Gasteiger partial charge in [-0.1, -0.05) is 0 Å². The van der Waals surface area contributed by atoms with Crippen LogP contribution in [0, 0.1) is 42.5 Å². The summed E-state index contributed by atoms with van der Waals surface area (Å²) in [6.45, 7) is 14.5. The van der Waals surface area contributed by atoms with E-state index in [-0.39, 0.29) is 215 Å². The summed E-state index contributed by atoms with van der Waals surface area (Å²) in [4.78, 5) is 28.2. The molecule has 0 aromatic rings. The Morgan fingerprint density at radius 1 is 0.667 bits per heavy atom. The molecule has 0 amide bonds. The van der Waals surface area contributed by atoms with E-state index in [9.17, 15) is 9.59 Å². The number of carbonyl (C=O) groups excluding carboxylic acids is 2. The molecule has 3 heterocycles. The van der Waals surface area contributed by atoms with Crippen LogP contribution in [-0.2, 0) is 185 Å². The zero-order valence-electron chi connectivity index (χ0n) is 25.8. The summed E-state index contributed by atoms with van der Waals surface area (Å²) in [5.74, 6) is -1.94. The van der Waals surface area contributed by atoms with Crippen molar-refractivity contribution in [1.29, 1.82) is 0 Å². The number of rotatable bonds is 1. The first-order chi connectivity index (χ1) is 14.3. The average Bonchev–Trinajstić information content (AvgIpc) is 3.53. The maximum absolute atomic E-state index is 9.88. The van der Waals surface area contributed by atoms with Crippen LogP contribution in [-0.4, -0.2) is 87.5 Å². The first-order valence-electron chi connectivity index (χ1n) is 9.91. The first-order valence-corrected chi connectivity index (χ1v) is 10.9. The molecular weight excluding hydrogens is 1310 g/mol. The molecule has 3 saturated heterocycles. The summed E-state index contributed by atoms with van der Waals surface area (Å²) >= 11 is 0. The van der Waals surface area contributed by atoms with E-state index < -0.39 is 11.9 Å². The van der Waals surface area contributed by atoms with Crippen molar-refractivity contribution >= 4 is 62.1 Å². The van der Waals surface area contributed by atoms with Crippen molar-refractivity contribution in [3.05, 3.63) is 42.5 Å². The molecule has 3 fully saturated rings. The first kappa shape index (κ1) is 97.0. The van der Waals surface area contributed by atoms with Gasteiger partial charge in [-0.2, -0.15) is 6.92 Å².